The molecule has 0 radical (unpaired) electrons. The molecule has 9 heteroatoms. The number of anilines is 2. The fraction of sp³-hybridized carbons (Fsp3) is 0.125. The summed E-state index contributed by atoms with van der Waals surface area (Å²) in [7, 11) is -0.972. The molecule has 2 N–H and O–H groups in total. The summed E-state index contributed by atoms with van der Waals surface area (Å²) in [6, 6.07) is 17.3. The maximum atomic E-state index is 12.8. The lowest BCUT2D eigenvalue weighted by molar-refractivity contribution is 0.102. The molecule has 8 nitrogen and oxygen atoms in total. The first kappa shape index (κ1) is 23.7. The second-order valence-electron chi connectivity index (χ2n) is 6.77. The maximum absolute atomic E-state index is 12.8. The third-order valence-electron chi connectivity index (χ3n) is 4.56. The van der Waals surface area contributed by atoms with E-state index in [2.05, 4.69) is 16.6 Å². The van der Waals surface area contributed by atoms with Gasteiger partial charge in [0.1, 0.15) is 23.9 Å². The van der Waals surface area contributed by atoms with Gasteiger partial charge in [0.15, 0.2) is 0 Å². The number of rotatable bonds is 10. The van der Waals surface area contributed by atoms with Crippen molar-refractivity contribution in [2.45, 2.75) is 4.90 Å². The minimum absolute atomic E-state index is 0.0223. The minimum atomic E-state index is -3.90. The number of amides is 1. The molecule has 0 aliphatic carbocycles. The van der Waals surface area contributed by atoms with E-state index in [1.807, 2.05) is 0 Å². The molecule has 3 rings (SSSR count). The quantitative estimate of drug-likeness (QED) is 0.430. The van der Waals surface area contributed by atoms with E-state index in [1.54, 1.807) is 42.5 Å². The summed E-state index contributed by atoms with van der Waals surface area (Å²) in [5.41, 5.74) is 1.13. The summed E-state index contributed by atoms with van der Waals surface area (Å²) < 4.78 is 43.9. The van der Waals surface area contributed by atoms with Crippen LogP contribution in [-0.4, -0.2) is 35.2 Å². The Hall–Kier alpha value is -3.98. The van der Waals surface area contributed by atoms with Crippen molar-refractivity contribution >= 4 is 27.3 Å². The molecule has 172 valence electrons. The Kier molecular flexibility index (Phi) is 7.57. The van der Waals surface area contributed by atoms with Gasteiger partial charge >= 0.3 is 0 Å². The Labute approximate surface area is 192 Å². The second kappa shape index (κ2) is 10.6. The van der Waals surface area contributed by atoms with Gasteiger partial charge in [-0.25, -0.2) is 8.42 Å². The molecule has 1 amide bonds. The van der Waals surface area contributed by atoms with E-state index in [0.717, 1.165) is 0 Å². The number of carbonyl (C=O) groups excluding carboxylic acids is 1. The Morgan fingerprint density at radius 1 is 0.939 bits per heavy atom. The lowest BCUT2D eigenvalue weighted by Gasteiger charge is -2.13. The second-order valence-corrected chi connectivity index (χ2v) is 8.46. The zero-order valence-corrected chi connectivity index (χ0v) is 19.0. The molecule has 3 aromatic rings. The van der Waals surface area contributed by atoms with Crippen molar-refractivity contribution < 1.29 is 27.4 Å². The van der Waals surface area contributed by atoms with Crippen molar-refractivity contribution in [3.63, 3.8) is 0 Å². The lowest BCUT2D eigenvalue weighted by Crippen LogP contribution is -2.14. The molecular weight excluding hydrogens is 444 g/mol. The Morgan fingerprint density at radius 3 is 2.21 bits per heavy atom. The monoisotopic (exact) mass is 468 g/mol. The van der Waals surface area contributed by atoms with Crippen LogP contribution in [0.1, 0.15) is 10.4 Å². The molecule has 0 spiro atoms. The van der Waals surface area contributed by atoms with E-state index < -0.39 is 10.0 Å². The molecular formula is C24H24N2O6S. The first-order valence-corrected chi connectivity index (χ1v) is 11.3. The van der Waals surface area contributed by atoms with Crippen LogP contribution in [0.3, 0.4) is 0 Å². The van der Waals surface area contributed by atoms with Gasteiger partial charge < -0.3 is 19.5 Å². The van der Waals surface area contributed by atoms with Crippen LogP contribution in [0.4, 0.5) is 11.4 Å². The van der Waals surface area contributed by atoms with E-state index in [9.17, 15) is 13.2 Å². The van der Waals surface area contributed by atoms with Crippen LogP contribution in [0.15, 0.2) is 84.3 Å². The van der Waals surface area contributed by atoms with Gasteiger partial charge in [-0.3, -0.25) is 9.52 Å². The van der Waals surface area contributed by atoms with Gasteiger partial charge in [-0.2, -0.15) is 0 Å². The normalized spacial score (nSPS) is 10.7. The fourth-order valence-corrected chi connectivity index (χ4v) is 3.94. The third kappa shape index (κ3) is 6.05. The van der Waals surface area contributed by atoms with Crippen LogP contribution in [0.2, 0.25) is 0 Å². The van der Waals surface area contributed by atoms with Crippen LogP contribution in [-0.2, 0) is 10.0 Å². The molecule has 0 heterocycles. The molecule has 0 aromatic heterocycles. The fourth-order valence-electron chi connectivity index (χ4n) is 2.88. The number of ether oxygens (including phenoxy) is 3. The smallest absolute Gasteiger partial charge is 0.262 e. The number of nitrogens with one attached hydrogen (secondary N) is 2. The Balaban J connectivity index is 1.70. The largest absolute Gasteiger partial charge is 0.497 e. The first-order valence-electron chi connectivity index (χ1n) is 9.86. The van der Waals surface area contributed by atoms with Crippen molar-refractivity contribution in [1.82, 2.24) is 0 Å². The lowest BCUT2D eigenvalue weighted by atomic mass is 10.2. The summed E-state index contributed by atoms with van der Waals surface area (Å²) in [5.74, 6) is 1.12. The van der Waals surface area contributed by atoms with E-state index in [1.165, 1.54) is 44.6 Å². The van der Waals surface area contributed by atoms with E-state index in [4.69, 9.17) is 14.2 Å². The Bertz CT molecular complexity index is 1220. The number of hydrogen-bond acceptors (Lipinski definition) is 6. The van der Waals surface area contributed by atoms with E-state index >= 15 is 0 Å². The topological polar surface area (TPSA) is 103 Å². The molecule has 0 bridgehead atoms. The highest BCUT2D eigenvalue weighted by Crippen LogP contribution is 2.31. The minimum Gasteiger partial charge on any atom is -0.497 e. The van der Waals surface area contributed by atoms with E-state index in [-0.39, 0.29) is 16.5 Å². The zero-order valence-electron chi connectivity index (χ0n) is 18.2. The van der Waals surface area contributed by atoms with Gasteiger partial charge in [0.25, 0.3) is 15.9 Å². The number of hydrogen-bond donors (Lipinski definition) is 2. The molecule has 3 aromatic carbocycles. The van der Waals surface area contributed by atoms with Crippen LogP contribution in [0, 0.1) is 0 Å². The molecule has 0 saturated heterocycles. The molecule has 0 fully saturated rings. The highest BCUT2D eigenvalue weighted by atomic mass is 32.2. The average molecular weight is 469 g/mol. The summed E-state index contributed by atoms with van der Waals surface area (Å²) >= 11 is 0. The predicted molar refractivity (Wildman–Crippen MR) is 127 cm³/mol. The first-order chi connectivity index (χ1) is 15.9. The van der Waals surface area contributed by atoms with E-state index in [0.29, 0.717) is 35.1 Å². The van der Waals surface area contributed by atoms with Crippen LogP contribution in [0.25, 0.3) is 0 Å². The molecule has 0 aliphatic rings. The summed E-state index contributed by atoms with van der Waals surface area (Å²) in [6.07, 6.45) is 1.63. The molecule has 0 aliphatic heterocycles. The Morgan fingerprint density at radius 2 is 1.61 bits per heavy atom. The van der Waals surface area contributed by atoms with Crippen molar-refractivity contribution in [2.75, 3.05) is 30.9 Å². The van der Waals surface area contributed by atoms with Crippen molar-refractivity contribution in [1.29, 1.82) is 0 Å². The van der Waals surface area contributed by atoms with Gasteiger partial charge in [0, 0.05) is 17.3 Å². The van der Waals surface area contributed by atoms with Crippen molar-refractivity contribution in [3.8, 4) is 17.2 Å². The standard InChI is InChI=1S/C24H24N2O6S/c1-4-15-32-19-9-5-17(6-10-19)24(27)25-18-7-12-21(13-8-18)33(28,29)26-22-16-20(30-2)11-14-23(22)31-3/h4-14,16,26H,1,15H2,2-3H3,(H,25,27). The maximum Gasteiger partial charge on any atom is 0.262 e. The highest BCUT2D eigenvalue weighted by molar-refractivity contribution is 7.92. The predicted octanol–water partition coefficient (Wildman–Crippen LogP) is 4.32. The van der Waals surface area contributed by atoms with Gasteiger partial charge in [0.2, 0.25) is 0 Å². The summed E-state index contributed by atoms with van der Waals surface area (Å²) in [5, 5.41) is 2.73. The summed E-state index contributed by atoms with van der Waals surface area (Å²) in [6.45, 7) is 3.96. The van der Waals surface area contributed by atoms with Gasteiger partial charge in [0.05, 0.1) is 24.8 Å². The molecule has 0 atom stereocenters. The molecule has 0 saturated carbocycles. The third-order valence-corrected chi connectivity index (χ3v) is 5.94. The highest BCUT2D eigenvalue weighted by Gasteiger charge is 2.17. The zero-order chi connectivity index (χ0) is 23.8. The van der Waals surface area contributed by atoms with Crippen LogP contribution in [0.5, 0.6) is 17.2 Å². The van der Waals surface area contributed by atoms with Crippen LogP contribution < -0.4 is 24.2 Å². The number of benzene rings is 3. The SMILES string of the molecule is C=CCOc1ccc(C(=O)Nc2ccc(S(=O)(=O)Nc3cc(OC)ccc3OC)cc2)cc1. The van der Waals surface area contributed by atoms with Gasteiger partial charge in [-0.15, -0.1) is 0 Å². The number of sulfonamides is 1. The molecule has 0 unspecified atom stereocenters. The van der Waals surface area contributed by atoms with Gasteiger partial charge in [-0.1, -0.05) is 12.7 Å². The molecule has 33 heavy (non-hydrogen) atoms. The van der Waals surface area contributed by atoms with Crippen LogP contribution >= 0.6 is 0 Å². The van der Waals surface area contributed by atoms with Crippen molar-refractivity contribution in [2.24, 2.45) is 0 Å². The summed E-state index contributed by atoms with van der Waals surface area (Å²) in [4.78, 5) is 12.5. The number of methoxy groups -OCH3 is 2. The number of carbonyl (C=O) groups is 1. The van der Waals surface area contributed by atoms with Gasteiger partial charge in [-0.05, 0) is 60.7 Å². The van der Waals surface area contributed by atoms with Crippen molar-refractivity contribution in [3.05, 3.63) is 84.9 Å². The average Bonchev–Trinajstić information content (AvgIpc) is 2.83.